The van der Waals surface area contributed by atoms with Crippen molar-refractivity contribution in [1.29, 1.82) is 0 Å². The maximum atomic E-state index is 12.9. The zero-order valence-corrected chi connectivity index (χ0v) is 11.8. The summed E-state index contributed by atoms with van der Waals surface area (Å²) in [5, 5.41) is 5.57. The molecular formula is C17H18N2O2. The van der Waals surface area contributed by atoms with Crippen LogP contribution in [0.5, 0.6) is 0 Å². The van der Waals surface area contributed by atoms with Crippen LogP contribution in [-0.4, -0.2) is 36.1 Å². The third kappa shape index (κ3) is 2.34. The van der Waals surface area contributed by atoms with Crippen LogP contribution < -0.4 is 5.32 Å². The average molecular weight is 282 g/mol. The van der Waals surface area contributed by atoms with Gasteiger partial charge in [-0.3, -0.25) is 9.78 Å². The molecule has 2 saturated heterocycles. The van der Waals surface area contributed by atoms with Gasteiger partial charge in [0.05, 0.1) is 13.2 Å². The summed E-state index contributed by atoms with van der Waals surface area (Å²) in [4.78, 5) is 17.3. The van der Waals surface area contributed by atoms with E-state index in [0.29, 0.717) is 31.0 Å². The summed E-state index contributed by atoms with van der Waals surface area (Å²) in [5.74, 6) is 0.244. The standard InChI is InChI=1S/C17H18N2O2/c20-17(12-7-13-9-21-10-14(8-12)19-13)16-15-4-2-1-3-11(15)5-6-18-16/h1-6,12-14,19H,7-10H2. The van der Waals surface area contributed by atoms with E-state index in [9.17, 15) is 4.79 Å². The number of morpholine rings is 1. The first-order valence-corrected chi connectivity index (χ1v) is 7.53. The summed E-state index contributed by atoms with van der Waals surface area (Å²) >= 11 is 0. The van der Waals surface area contributed by atoms with Crippen molar-refractivity contribution >= 4 is 16.6 Å². The molecule has 1 aromatic heterocycles. The van der Waals surface area contributed by atoms with Gasteiger partial charge in [0, 0.05) is 29.6 Å². The molecule has 0 amide bonds. The number of fused-ring (bicyclic) bond motifs is 3. The predicted octanol–water partition coefficient (Wildman–Crippen LogP) is 2.18. The fraction of sp³-hybridized carbons (Fsp3) is 0.412. The van der Waals surface area contributed by atoms with E-state index in [1.807, 2.05) is 30.3 Å². The van der Waals surface area contributed by atoms with Gasteiger partial charge in [-0.25, -0.2) is 0 Å². The van der Waals surface area contributed by atoms with Gasteiger partial charge in [0.1, 0.15) is 5.69 Å². The minimum absolute atomic E-state index is 0.0588. The van der Waals surface area contributed by atoms with Gasteiger partial charge in [-0.1, -0.05) is 24.3 Å². The highest BCUT2D eigenvalue weighted by molar-refractivity contribution is 6.07. The fourth-order valence-corrected chi connectivity index (χ4v) is 3.56. The topological polar surface area (TPSA) is 51.2 Å². The lowest BCUT2D eigenvalue weighted by molar-refractivity contribution is 0.00947. The smallest absolute Gasteiger partial charge is 0.184 e. The Morgan fingerprint density at radius 3 is 2.71 bits per heavy atom. The van der Waals surface area contributed by atoms with Crippen LogP contribution in [0.4, 0.5) is 0 Å². The summed E-state index contributed by atoms with van der Waals surface area (Å²) in [6, 6.07) is 10.5. The Morgan fingerprint density at radius 2 is 1.90 bits per heavy atom. The van der Waals surface area contributed by atoms with E-state index in [2.05, 4.69) is 10.3 Å². The first kappa shape index (κ1) is 12.9. The Hall–Kier alpha value is -1.78. The third-order valence-electron chi connectivity index (χ3n) is 4.53. The molecule has 0 aliphatic carbocycles. The summed E-state index contributed by atoms with van der Waals surface area (Å²) in [6.07, 6.45) is 3.43. The second-order valence-electron chi connectivity index (χ2n) is 6.01. The molecule has 1 aromatic carbocycles. The Bertz CT molecular complexity index is 668. The Kier molecular flexibility index (Phi) is 3.20. The molecule has 4 nitrogen and oxygen atoms in total. The minimum atomic E-state index is 0.0588. The van der Waals surface area contributed by atoms with Crippen molar-refractivity contribution in [3.05, 3.63) is 42.2 Å². The number of pyridine rings is 1. The van der Waals surface area contributed by atoms with Crippen LogP contribution in [0.3, 0.4) is 0 Å². The largest absolute Gasteiger partial charge is 0.378 e. The van der Waals surface area contributed by atoms with Crippen LogP contribution in [0.15, 0.2) is 36.5 Å². The molecule has 4 heteroatoms. The Labute approximate surface area is 123 Å². The molecule has 2 aromatic rings. The van der Waals surface area contributed by atoms with E-state index in [-0.39, 0.29) is 11.7 Å². The molecule has 0 radical (unpaired) electrons. The summed E-state index contributed by atoms with van der Waals surface area (Å²) in [6.45, 7) is 1.42. The lowest BCUT2D eigenvalue weighted by Gasteiger charge is -2.39. The van der Waals surface area contributed by atoms with Crippen LogP contribution in [-0.2, 0) is 4.74 Å². The van der Waals surface area contributed by atoms with Crippen LogP contribution in [0.1, 0.15) is 23.3 Å². The van der Waals surface area contributed by atoms with Gasteiger partial charge < -0.3 is 10.1 Å². The number of nitrogens with zero attached hydrogens (tertiary/aromatic N) is 1. The second-order valence-corrected chi connectivity index (χ2v) is 6.01. The van der Waals surface area contributed by atoms with Crippen molar-refractivity contribution in [3.63, 3.8) is 0 Å². The lowest BCUT2D eigenvalue weighted by atomic mass is 9.82. The van der Waals surface area contributed by atoms with Crippen molar-refractivity contribution < 1.29 is 9.53 Å². The molecular weight excluding hydrogens is 264 g/mol. The number of Topliss-reactive ketones (excluding diaryl/α,β-unsaturated/α-hetero) is 1. The van der Waals surface area contributed by atoms with Gasteiger partial charge in [-0.15, -0.1) is 0 Å². The highest BCUT2D eigenvalue weighted by Gasteiger charge is 2.36. The maximum absolute atomic E-state index is 12.9. The number of carbonyl (C=O) groups is 1. The third-order valence-corrected chi connectivity index (χ3v) is 4.53. The van der Waals surface area contributed by atoms with E-state index in [0.717, 1.165) is 23.6 Å². The molecule has 3 heterocycles. The molecule has 0 spiro atoms. The van der Waals surface area contributed by atoms with E-state index in [1.165, 1.54) is 0 Å². The van der Waals surface area contributed by atoms with Crippen LogP contribution in [0.2, 0.25) is 0 Å². The van der Waals surface area contributed by atoms with Gasteiger partial charge in [0.15, 0.2) is 5.78 Å². The highest BCUT2D eigenvalue weighted by atomic mass is 16.5. The predicted molar refractivity (Wildman–Crippen MR) is 80.3 cm³/mol. The van der Waals surface area contributed by atoms with E-state index < -0.39 is 0 Å². The van der Waals surface area contributed by atoms with E-state index in [4.69, 9.17) is 4.74 Å². The Balaban J connectivity index is 1.67. The SMILES string of the molecule is O=C(c1nccc2ccccc12)C1CC2COCC(C1)N2. The van der Waals surface area contributed by atoms with Gasteiger partial charge in [0.2, 0.25) is 0 Å². The maximum Gasteiger partial charge on any atom is 0.184 e. The van der Waals surface area contributed by atoms with Gasteiger partial charge in [-0.2, -0.15) is 0 Å². The number of hydrogen-bond donors (Lipinski definition) is 1. The molecule has 2 unspecified atom stereocenters. The minimum Gasteiger partial charge on any atom is -0.378 e. The normalized spacial score (nSPS) is 28.5. The lowest BCUT2D eigenvalue weighted by Crippen LogP contribution is -2.55. The van der Waals surface area contributed by atoms with Gasteiger partial charge >= 0.3 is 0 Å². The van der Waals surface area contributed by atoms with Crippen molar-refractivity contribution in [2.75, 3.05) is 13.2 Å². The number of hydrogen-bond acceptors (Lipinski definition) is 4. The van der Waals surface area contributed by atoms with E-state index in [1.54, 1.807) is 6.20 Å². The number of ketones is 1. The summed E-state index contributed by atoms with van der Waals surface area (Å²) in [7, 11) is 0. The molecule has 21 heavy (non-hydrogen) atoms. The van der Waals surface area contributed by atoms with Crippen molar-refractivity contribution in [3.8, 4) is 0 Å². The van der Waals surface area contributed by atoms with Crippen molar-refractivity contribution in [1.82, 2.24) is 10.3 Å². The Morgan fingerprint density at radius 1 is 1.14 bits per heavy atom. The molecule has 2 bridgehead atoms. The molecule has 2 aliphatic heterocycles. The molecule has 2 fully saturated rings. The highest BCUT2D eigenvalue weighted by Crippen LogP contribution is 2.28. The van der Waals surface area contributed by atoms with Crippen molar-refractivity contribution in [2.45, 2.75) is 24.9 Å². The van der Waals surface area contributed by atoms with Crippen LogP contribution in [0.25, 0.3) is 10.8 Å². The number of aromatic nitrogens is 1. The van der Waals surface area contributed by atoms with Crippen LogP contribution in [0, 0.1) is 5.92 Å². The van der Waals surface area contributed by atoms with Crippen molar-refractivity contribution in [2.24, 2.45) is 5.92 Å². The quantitative estimate of drug-likeness (QED) is 0.858. The first-order valence-electron chi connectivity index (χ1n) is 7.53. The van der Waals surface area contributed by atoms with E-state index >= 15 is 0 Å². The molecule has 1 N–H and O–H groups in total. The number of rotatable bonds is 2. The first-order chi connectivity index (χ1) is 10.3. The molecule has 0 saturated carbocycles. The molecule has 2 aliphatic rings. The number of carbonyl (C=O) groups excluding carboxylic acids is 1. The van der Waals surface area contributed by atoms with Gasteiger partial charge in [0.25, 0.3) is 0 Å². The number of benzene rings is 1. The number of nitrogens with one attached hydrogen (secondary N) is 1. The molecule has 4 rings (SSSR count). The zero-order valence-electron chi connectivity index (χ0n) is 11.8. The zero-order chi connectivity index (χ0) is 14.2. The fourth-order valence-electron chi connectivity index (χ4n) is 3.56. The summed E-state index contributed by atoms with van der Waals surface area (Å²) in [5.41, 5.74) is 0.624. The number of piperidine rings is 1. The summed E-state index contributed by atoms with van der Waals surface area (Å²) < 4.78 is 5.55. The van der Waals surface area contributed by atoms with Gasteiger partial charge in [-0.05, 0) is 24.3 Å². The molecule has 2 atom stereocenters. The van der Waals surface area contributed by atoms with Crippen LogP contribution >= 0.6 is 0 Å². The average Bonchev–Trinajstić information content (AvgIpc) is 2.53. The molecule has 108 valence electrons. The number of ether oxygens (including phenoxy) is 1. The monoisotopic (exact) mass is 282 g/mol. The second kappa shape index (κ2) is 5.20.